The van der Waals surface area contributed by atoms with Crippen LogP contribution in [0.15, 0.2) is 24.3 Å². The van der Waals surface area contributed by atoms with E-state index in [1.165, 1.54) is 75.7 Å². The van der Waals surface area contributed by atoms with Crippen LogP contribution in [0.4, 0.5) is 0 Å². The first-order chi connectivity index (χ1) is 10.5. The summed E-state index contributed by atoms with van der Waals surface area (Å²) >= 11 is 0. The van der Waals surface area contributed by atoms with Gasteiger partial charge in [-0.3, -0.25) is 0 Å². The highest BCUT2D eigenvalue weighted by Gasteiger charge is 2.25. The van der Waals surface area contributed by atoms with Crippen LogP contribution in [0.2, 0.25) is 0 Å². The molecule has 0 aromatic heterocycles. The minimum absolute atomic E-state index is 0.647. The molecule has 2 aliphatic rings. The minimum Gasteiger partial charge on any atom is -0.303 e. The molecular formula is C21H37N. The fourth-order valence-corrected chi connectivity index (χ4v) is 4.13. The van der Waals surface area contributed by atoms with Crippen LogP contribution in [0.25, 0.3) is 0 Å². The monoisotopic (exact) mass is 303 g/mol. The summed E-state index contributed by atoms with van der Waals surface area (Å²) in [6.45, 7) is 19.7. The molecule has 1 saturated heterocycles. The zero-order chi connectivity index (χ0) is 16.1. The predicted molar refractivity (Wildman–Crippen MR) is 98.0 cm³/mol. The summed E-state index contributed by atoms with van der Waals surface area (Å²) < 4.78 is 0. The summed E-state index contributed by atoms with van der Waals surface area (Å²) in [7, 11) is 0. The lowest BCUT2D eigenvalue weighted by Crippen LogP contribution is -2.38. The first kappa shape index (κ1) is 17.8. The Hall–Kier alpha value is -0.560. The van der Waals surface area contributed by atoms with Crippen LogP contribution in [0.1, 0.15) is 65.7 Å². The van der Waals surface area contributed by atoms with E-state index in [0.717, 1.165) is 17.8 Å². The molecule has 0 amide bonds. The quantitative estimate of drug-likeness (QED) is 0.606. The number of hydrogen-bond acceptors (Lipinski definition) is 1. The van der Waals surface area contributed by atoms with Crippen LogP contribution in [-0.2, 0) is 0 Å². The maximum absolute atomic E-state index is 4.45. The van der Waals surface area contributed by atoms with Crippen LogP contribution < -0.4 is 0 Å². The number of piperidine rings is 1. The van der Waals surface area contributed by atoms with Crippen molar-refractivity contribution in [3.63, 3.8) is 0 Å². The van der Waals surface area contributed by atoms with Gasteiger partial charge in [0.05, 0.1) is 0 Å². The second-order valence-corrected chi connectivity index (χ2v) is 8.37. The van der Waals surface area contributed by atoms with Crippen molar-refractivity contribution in [2.45, 2.75) is 65.7 Å². The average molecular weight is 304 g/mol. The minimum atomic E-state index is 0.647. The van der Waals surface area contributed by atoms with Gasteiger partial charge >= 0.3 is 0 Å². The van der Waals surface area contributed by atoms with Gasteiger partial charge in [-0.2, -0.15) is 0 Å². The Labute approximate surface area is 138 Å². The molecule has 22 heavy (non-hydrogen) atoms. The summed E-state index contributed by atoms with van der Waals surface area (Å²) in [6, 6.07) is 0. The Morgan fingerprint density at radius 1 is 1.05 bits per heavy atom. The molecule has 0 bridgehead atoms. The summed E-state index contributed by atoms with van der Waals surface area (Å²) in [6.07, 6.45) is 9.03. The molecule has 0 radical (unpaired) electrons. The summed E-state index contributed by atoms with van der Waals surface area (Å²) in [5.41, 5.74) is 2.94. The van der Waals surface area contributed by atoms with Gasteiger partial charge in [0.25, 0.3) is 0 Å². The molecule has 0 spiro atoms. The Morgan fingerprint density at radius 3 is 2.32 bits per heavy atom. The van der Waals surface area contributed by atoms with E-state index in [9.17, 15) is 0 Å². The molecule has 2 fully saturated rings. The predicted octanol–water partition coefficient (Wildman–Crippen LogP) is 5.68. The second kappa shape index (κ2) is 8.34. The zero-order valence-corrected chi connectivity index (χ0v) is 15.2. The molecular weight excluding hydrogens is 266 g/mol. The molecule has 1 saturated carbocycles. The molecule has 1 nitrogen and oxygen atoms in total. The van der Waals surface area contributed by atoms with Crippen molar-refractivity contribution < 1.29 is 0 Å². The molecule has 0 aromatic carbocycles. The molecule has 1 heteroatoms. The average Bonchev–Trinajstić information content (AvgIpc) is 2.54. The van der Waals surface area contributed by atoms with Crippen molar-refractivity contribution in [1.29, 1.82) is 0 Å². The van der Waals surface area contributed by atoms with Crippen LogP contribution in [0, 0.1) is 23.7 Å². The third-order valence-corrected chi connectivity index (χ3v) is 6.11. The van der Waals surface area contributed by atoms with Crippen molar-refractivity contribution in [2.75, 3.05) is 19.6 Å². The van der Waals surface area contributed by atoms with Crippen LogP contribution in [0.5, 0.6) is 0 Å². The van der Waals surface area contributed by atoms with Gasteiger partial charge in [-0.25, -0.2) is 0 Å². The lowest BCUT2D eigenvalue weighted by atomic mass is 9.85. The standard InChI is InChI=1S/C21H37N/c1-16(2)20-10-12-22(13-11-20)15-21-14-18(4)7-6-17(3)8-9-19(21)5/h16-17,20-21H,4-15H2,1-3H3/t17?,21-/m1/s1. The number of likely N-dealkylation sites (tertiary alicyclic amines) is 1. The van der Waals surface area contributed by atoms with E-state index >= 15 is 0 Å². The van der Waals surface area contributed by atoms with E-state index in [0.29, 0.717) is 5.92 Å². The topological polar surface area (TPSA) is 3.24 Å². The summed E-state index contributed by atoms with van der Waals surface area (Å²) in [5, 5.41) is 0. The summed E-state index contributed by atoms with van der Waals surface area (Å²) in [5.74, 6) is 3.27. The maximum Gasteiger partial charge on any atom is 0.00500 e. The third kappa shape index (κ3) is 5.26. The third-order valence-electron chi connectivity index (χ3n) is 6.11. The van der Waals surface area contributed by atoms with E-state index in [1.54, 1.807) is 0 Å². The highest BCUT2D eigenvalue weighted by Crippen LogP contribution is 2.32. The number of nitrogens with zero attached hydrogens (tertiary/aromatic N) is 1. The molecule has 0 N–H and O–H groups in total. The van der Waals surface area contributed by atoms with Gasteiger partial charge in [-0.05, 0) is 81.7 Å². The number of allylic oxidation sites excluding steroid dienone is 1. The summed E-state index contributed by atoms with van der Waals surface area (Å²) in [4.78, 5) is 2.70. The van der Waals surface area contributed by atoms with Crippen LogP contribution >= 0.6 is 0 Å². The molecule has 1 aliphatic heterocycles. The van der Waals surface area contributed by atoms with Crippen LogP contribution in [0.3, 0.4) is 0 Å². The van der Waals surface area contributed by atoms with E-state index < -0.39 is 0 Å². The SMILES string of the molecule is C=C1CCC(C)CCC(=C)[C@@H](CN2CCC(C(C)C)CC2)C1. The Kier molecular flexibility index (Phi) is 6.74. The van der Waals surface area contributed by atoms with Crippen molar-refractivity contribution in [1.82, 2.24) is 4.90 Å². The van der Waals surface area contributed by atoms with E-state index in [4.69, 9.17) is 0 Å². The zero-order valence-electron chi connectivity index (χ0n) is 15.2. The molecule has 126 valence electrons. The van der Waals surface area contributed by atoms with Gasteiger partial charge in [-0.15, -0.1) is 0 Å². The Morgan fingerprint density at radius 2 is 1.68 bits per heavy atom. The normalized spacial score (nSPS) is 30.2. The molecule has 1 aliphatic carbocycles. The number of rotatable bonds is 3. The molecule has 1 heterocycles. The Bertz CT molecular complexity index is 373. The van der Waals surface area contributed by atoms with Crippen molar-refractivity contribution in [3.05, 3.63) is 24.3 Å². The van der Waals surface area contributed by atoms with Gasteiger partial charge in [0.15, 0.2) is 0 Å². The van der Waals surface area contributed by atoms with Crippen molar-refractivity contribution >= 4 is 0 Å². The molecule has 1 unspecified atom stereocenters. The van der Waals surface area contributed by atoms with Gasteiger partial charge in [-0.1, -0.05) is 45.1 Å². The maximum atomic E-state index is 4.45. The first-order valence-electron chi connectivity index (χ1n) is 9.52. The fourth-order valence-electron chi connectivity index (χ4n) is 4.13. The van der Waals surface area contributed by atoms with E-state index in [-0.39, 0.29) is 0 Å². The van der Waals surface area contributed by atoms with Gasteiger partial charge in [0, 0.05) is 6.54 Å². The first-order valence-corrected chi connectivity index (χ1v) is 9.52. The van der Waals surface area contributed by atoms with E-state index in [2.05, 4.69) is 38.8 Å². The highest BCUT2D eigenvalue weighted by molar-refractivity contribution is 5.10. The smallest absolute Gasteiger partial charge is 0.00500 e. The van der Waals surface area contributed by atoms with Gasteiger partial charge < -0.3 is 4.90 Å². The lowest BCUT2D eigenvalue weighted by Gasteiger charge is -2.36. The largest absolute Gasteiger partial charge is 0.303 e. The lowest BCUT2D eigenvalue weighted by molar-refractivity contribution is 0.144. The van der Waals surface area contributed by atoms with Crippen LogP contribution in [-0.4, -0.2) is 24.5 Å². The second-order valence-electron chi connectivity index (χ2n) is 8.37. The Balaban J connectivity index is 1.89. The fraction of sp³-hybridized carbons (Fsp3) is 0.810. The van der Waals surface area contributed by atoms with E-state index in [1.807, 2.05) is 0 Å². The van der Waals surface area contributed by atoms with Crippen molar-refractivity contribution in [2.24, 2.45) is 23.7 Å². The molecule has 0 aromatic rings. The highest BCUT2D eigenvalue weighted by atomic mass is 15.1. The van der Waals surface area contributed by atoms with Gasteiger partial charge in [0.2, 0.25) is 0 Å². The molecule has 2 atom stereocenters. The van der Waals surface area contributed by atoms with Gasteiger partial charge in [0.1, 0.15) is 0 Å². The number of hydrogen-bond donors (Lipinski definition) is 0. The molecule has 2 rings (SSSR count). The van der Waals surface area contributed by atoms with Crippen molar-refractivity contribution in [3.8, 4) is 0 Å².